The molecule has 0 aliphatic carbocycles. The van der Waals surface area contributed by atoms with Gasteiger partial charge in [0.2, 0.25) is 0 Å². The van der Waals surface area contributed by atoms with Crippen LogP contribution in [0, 0.1) is 0 Å². The minimum atomic E-state index is -2.96. The lowest BCUT2D eigenvalue weighted by molar-refractivity contribution is -0.0497. The topological polar surface area (TPSA) is 56.2 Å². The van der Waals surface area contributed by atoms with Crippen molar-refractivity contribution in [2.24, 2.45) is 0 Å². The summed E-state index contributed by atoms with van der Waals surface area (Å²) in [5, 5.41) is 6.58. The molecule has 0 fully saturated rings. The first-order valence-corrected chi connectivity index (χ1v) is 6.46. The standard InChI is InChI=1S/C13H12ClF2N3O2/c1-2-19-10(5-6-17-19)12(20)18-8-3-4-11(9(14)7-8)21-13(15)16/h3-7,13H,2H2,1H3,(H,18,20). The number of nitrogens with one attached hydrogen (secondary N) is 1. The van der Waals surface area contributed by atoms with E-state index in [2.05, 4.69) is 15.2 Å². The number of ether oxygens (including phenoxy) is 1. The second kappa shape index (κ2) is 6.53. The SMILES string of the molecule is CCn1nccc1C(=O)Nc1ccc(OC(F)F)c(Cl)c1. The van der Waals surface area contributed by atoms with E-state index in [4.69, 9.17) is 11.6 Å². The van der Waals surface area contributed by atoms with Crippen molar-refractivity contribution in [1.29, 1.82) is 0 Å². The molecule has 112 valence electrons. The number of hydrogen-bond donors (Lipinski definition) is 1. The summed E-state index contributed by atoms with van der Waals surface area (Å²) in [7, 11) is 0. The Hall–Kier alpha value is -2.15. The first-order valence-electron chi connectivity index (χ1n) is 6.08. The summed E-state index contributed by atoms with van der Waals surface area (Å²) in [5.74, 6) is -0.517. The minimum Gasteiger partial charge on any atom is -0.433 e. The molecule has 0 unspecified atom stereocenters. The van der Waals surface area contributed by atoms with Gasteiger partial charge in [-0.1, -0.05) is 11.6 Å². The van der Waals surface area contributed by atoms with Crippen molar-refractivity contribution < 1.29 is 18.3 Å². The summed E-state index contributed by atoms with van der Waals surface area (Å²) in [6.07, 6.45) is 1.52. The fourth-order valence-electron chi connectivity index (χ4n) is 1.74. The van der Waals surface area contributed by atoms with E-state index in [1.807, 2.05) is 6.92 Å². The van der Waals surface area contributed by atoms with Gasteiger partial charge in [-0.05, 0) is 31.2 Å². The summed E-state index contributed by atoms with van der Waals surface area (Å²) >= 11 is 5.81. The van der Waals surface area contributed by atoms with E-state index in [0.717, 1.165) is 0 Å². The summed E-state index contributed by atoms with van der Waals surface area (Å²) in [5.41, 5.74) is 0.761. The van der Waals surface area contributed by atoms with E-state index in [0.29, 0.717) is 17.9 Å². The first-order chi connectivity index (χ1) is 10.0. The number of halogens is 3. The van der Waals surface area contributed by atoms with Crippen molar-refractivity contribution in [2.75, 3.05) is 5.32 Å². The summed E-state index contributed by atoms with van der Waals surface area (Å²) < 4.78 is 30.0. The van der Waals surface area contributed by atoms with Gasteiger partial charge in [0.05, 0.1) is 5.02 Å². The lowest BCUT2D eigenvalue weighted by atomic mass is 10.3. The third kappa shape index (κ3) is 3.69. The molecule has 21 heavy (non-hydrogen) atoms. The van der Waals surface area contributed by atoms with Crippen molar-refractivity contribution in [3.8, 4) is 5.75 Å². The number of anilines is 1. The molecule has 0 aliphatic heterocycles. The third-order valence-electron chi connectivity index (χ3n) is 2.65. The molecule has 0 atom stereocenters. The van der Waals surface area contributed by atoms with Gasteiger partial charge in [0.1, 0.15) is 11.4 Å². The van der Waals surface area contributed by atoms with Crippen LogP contribution in [0.1, 0.15) is 17.4 Å². The number of carbonyl (C=O) groups is 1. The van der Waals surface area contributed by atoms with E-state index in [1.54, 1.807) is 6.07 Å². The summed E-state index contributed by atoms with van der Waals surface area (Å²) in [6, 6.07) is 5.61. The molecule has 1 heterocycles. The van der Waals surface area contributed by atoms with Crippen LogP contribution in [0.4, 0.5) is 14.5 Å². The van der Waals surface area contributed by atoms with Gasteiger partial charge in [0.25, 0.3) is 5.91 Å². The highest BCUT2D eigenvalue weighted by Crippen LogP contribution is 2.29. The molecule has 0 bridgehead atoms. The third-order valence-corrected chi connectivity index (χ3v) is 2.95. The van der Waals surface area contributed by atoms with Crippen LogP contribution in [0.25, 0.3) is 0 Å². The molecule has 2 aromatic rings. The van der Waals surface area contributed by atoms with Crippen LogP contribution in [-0.4, -0.2) is 22.3 Å². The summed E-state index contributed by atoms with van der Waals surface area (Å²) in [4.78, 5) is 12.1. The maximum Gasteiger partial charge on any atom is 0.387 e. The zero-order chi connectivity index (χ0) is 15.4. The molecular formula is C13H12ClF2N3O2. The molecule has 8 heteroatoms. The van der Waals surface area contributed by atoms with E-state index in [-0.39, 0.29) is 16.7 Å². The average molecular weight is 316 g/mol. The van der Waals surface area contributed by atoms with Crippen LogP contribution in [-0.2, 0) is 6.54 Å². The molecule has 1 N–H and O–H groups in total. The van der Waals surface area contributed by atoms with Gasteiger partial charge < -0.3 is 10.1 Å². The highest BCUT2D eigenvalue weighted by Gasteiger charge is 2.13. The largest absolute Gasteiger partial charge is 0.433 e. The predicted octanol–water partition coefficient (Wildman–Crippen LogP) is 3.41. The van der Waals surface area contributed by atoms with Crippen LogP contribution in [0.15, 0.2) is 30.5 Å². The number of aryl methyl sites for hydroxylation is 1. The maximum absolute atomic E-state index is 12.1. The number of nitrogens with zero attached hydrogens (tertiary/aromatic N) is 2. The Kier molecular flexibility index (Phi) is 4.74. The Morgan fingerprint density at radius 2 is 2.24 bits per heavy atom. The molecule has 1 aromatic heterocycles. The molecule has 2 rings (SSSR count). The molecule has 0 saturated heterocycles. The molecule has 0 saturated carbocycles. The quantitative estimate of drug-likeness (QED) is 0.920. The zero-order valence-electron chi connectivity index (χ0n) is 11.0. The number of amides is 1. The lowest BCUT2D eigenvalue weighted by Gasteiger charge is -2.10. The average Bonchev–Trinajstić information content (AvgIpc) is 2.90. The molecule has 1 aromatic carbocycles. The monoisotopic (exact) mass is 315 g/mol. The van der Waals surface area contributed by atoms with Gasteiger partial charge in [-0.25, -0.2) is 0 Å². The lowest BCUT2D eigenvalue weighted by Crippen LogP contribution is -2.17. The molecule has 0 aliphatic rings. The normalized spacial score (nSPS) is 10.7. The van der Waals surface area contributed by atoms with E-state index < -0.39 is 6.61 Å². The molecule has 5 nitrogen and oxygen atoms in total. The van der Waals surface area contributed by atoms with Crippen molar-refractivity contribution in [3.05, 3.63) is 41.2 Å². The maximum atomic E-state index is 12.1. The second-order valence-corrected chi connectivity index (χ2v) is 4.42. The Morgan fingerprint density at radius 1 is 1.48 bits per heavy atom. The van der Waals surface area contributed by atoms with Crippen molar-refractivity contribution in [1.82, 2.24) is 9.78 Å². The van der Waals surface area contributed by atoms with Gasteiger partial charge in [-0.2, -0.15) is 13.9 Å². The number of alkyl halides is 2. The van der Waals surface area contributed by atoms with E-state index in [1.165, 1.54) is 29.1 Å². The highest BCUT2D eigenvalue weighted by atomic mass is 35.5. The van der Waals surface area contributed by atoms with Gasteiger partial charge >= 0.3 is 6.61 Å². The van der Waals surface area contributed by atoms with Crippen LogP contribution in [0.2, 0.25) is 5.02 Å². The van der Waals surface area contributed by atoms with E-state index >= 15 is 0 Å². The Labute approximate surface area is 124 Å². The molecule has 0 radical (unpaired) electrons. The Balaban J connectivity index is 2.13. The smallest absolute Gasteiger partial charge is 0.387 e. The van der Waals surface area contributed by atoms with Crippen LogP contribution >= 0.6 is 11.6 Å². The van der Waals surface area contributed by atoms with Crippen molar-refractivity contribution in [3.63, 3.8) is 0 Å². The molecule has 0 spiro atoms. The van der Waals surface area contributed by atoms with Gasteiger partial charge in [-0.15, -0.1) is 0 Å². The summed E-state index contributed by atoms with van der Waals surface area (Å²) in [6.45, 7) is -0.545. The molecule has 1 amide bonds. The number of aromatic nitrogens is 2. The number of benzene rings is 1. The fourth-order valence-corrected chi connectivity index (χ4v) is 1.97. The minimum absolute atomic E-state index is 0.0166. The van der Waals surface area contributed by atoms with Crippen LogP contribution < -0.4 is 10.1 Å². The van der Waals surface area contributed by atoms with Crippen molar-refractivity contribution >= 4 is 23.2 Å². The van der Waals surface area contributed by atoms with Crippen molar-refractivity contribution in [2.45, 2.75) is 20.1 Å². The number of rotatable bonds is 5. The fraction of sp³-hybridized carbons (Fsp3) is 0.231. The zero-order valence-corrected chi connectivity index (χ0v) is 11.8. The highest BCUT2D eigenvalue weighted by molar-refractivity contribution is 6.32. The Morgan fingerprint density at radius 3 is 2.86 bits per heavy atom. The van der Waals surface area contributed by atoms with Gasteiger partial charge in [-0.3, -0.25) is 9.48 Å². The second-order valence-electron chi connectivity index (χ2n) is 4.01. The number of hydrogen-bond acceptors (Lipinski definition) is 3. The number of carbonyl (C=O) groups excluding carboxylic acids is 1. The van der Waals surface area contributed by atoms with Gasteiger partial charge in [0.15, 0.2) is 0 Å². The molecular weight excluding hydrogens is 304 g/mol. The first kappa shape index (κ1) is 15.2. The predicted molar refractivity (Wildman–Crippen MR) is 73.9 cm³/mol. The van der Waals surface area contributed by atoms with Crippen LogP contribution in [0.5, 0.6) is 5.75 Å². The van der Waals surface area contributed by atoms with Gasteiger partial charge in [0, 0.05) is 18.4 Å². The Bertz CT molecular complexity index is 646. The van der Waals surface area contributed by atoms with Crippen LogP contribution in [0.3, 0.4) is 0 Å². The van der Waals surface area contributed by atoms with E-state index in [9.17, 15) is 13.6 Å².